The fourth-order valence-corrected chi connectivity index (χ4v) is 4.89. The van der Waals surface area contributed by atoms with Crippen LogP contribution in [-0.2, 0) is 10.2 Å². The van der Waals surface area contributed by atoms with Crippen LogP contribution >= 0.6 is 11.6 Å². The lowest BCUT2D eigenvalue weighted by atomic mass is 9.68. The van der Waals surface area contributed by atoms with Gasteiger partial charge in [-0.25, -0.2) is 9.48 Å². The van der Waals surface area contributed by atoms with Crippen molar-refractivity contribution in [3.8, 4) is 11.3 Å². The summed E-state index contributed by atoms with van der Waals surface area (Å²) in [6, 6.07) is 14.8. The molecule has 1 amide bonds. The fourth-order valence-electron chi connectivity index (χ4n) is 4.70. The molecule has 0 bridgehead atoms. The van der Waals surface area contributed by atoms with Crippen molar-refractivity contribution in [3.05, 3.63) is 81.9 Å². The number of alkyl carbamates (subject to hydrolysis) is 1. The van der Waals surface area contributed by atoms with Crippen LogP contribution in [0.2, 0.25) is 5.02 Å². The first-order valence-corrected chi connectivity index (χ1v) is 12.3. The van der Waals surface area contributed by atoms with Crippen molar-refractivity contribution in [2.24, 2.45) is 0 Å². The van der Waals surface area contributed by atoms with Gasteiger partial charge in [0.2, 0.25) is 0 Å². The quantitative estimate of drug-likeness (QED) is 0.503. The minimum absolute atomic E-state index is 0.0343. The Balaban J connectivity index is 1.56. The lowest BCUT2D eigenvalue weighted by Gasteiger charge is -2.41. The van der Waals surface area contributed by atoms with Gasteiger partial charge in [0.25, 0.3) is 5.56 Å². The Morgan fingerprint density at radius 1 is 1.17 bits per heavy atom. The summed E-state index contributed by atoms with van der Waals surface area (Å²) in [6.45, 7) is 5.95. The Morgan fingerprint density at radius 2 is 1.94 bits per heavy atom. The Bertz CT molecular complexity index is 1230. The molecule has 0 aliphatic heterocycles. The highest BCUT2D eigenvalue weighted by atomic mass is 35.5. The number of rotatable bonds is 5. The molecule has 0 radical (unpaired) electrons. The summed E-state index contributed by atoms with van der Waals surface area (Å²) in [6.07, 6.45) is 6.02. The second-order valence-electron chi connectivity index (χ2n) is 10.1. The maximum absolute atomic E-state index is 12.7. The largest absolute Gasteiger partial charge is 0.444 e. The third-order valence-corrected chi connectivity index (χ3v) is 6.68. The SMILES string of the molecule is CC(C)(C)OC(=O)NCC1(c2cccc(Cl)c2)CCC(n2nc(-c3cccnc3)ccc2=O)CC1. The standard InChI is InChI=1S/C27H31ClN4O3/c1-26(2,3)35-25(34)30-18-27(20-7-4-8-21(28)16-20)13-11-22(12-14-27)32-24(33)10-9-23(31-32)19-6-5-15-29-17-19/h4-10,15-17,22H,11-14,18H2,1-3H3,(H,30,34). The number of hydrogen-bond acceptors (Lipinski definition) is 5. The number of pyridine rings is 1. The Labute approximate surface area is 210 Å². The van der Waals surface area contributed by atoms with Gasteiger partial charge in [-0.1, -0.05) is 23.7 Å². The van der Waals surface area contributed by atoms with E-state index in [1.54, 1.807) is 29.2 Å². The number of halogens is 1. The minimum atomic E-state index is -0.572. The molecule has 0 unspecified atom stereocenters. The predicted octanol–water partition coefficient (Wildman–Crippen LogP) is 5.54. The molecule has 35 heavy (non-hydrogen) atoms. The van der Waals surface area contributed by atoms with Crippen LogP contribution < -0.4 is 10.9 Å². The number of nitrogens with one attached hydrogen (secondary N) is 1. The summed E-state index contributed by atoms with van der Waals surface area (Å²) in [5, 5.41) is 8.29. The van der Waals surface area contributed by atoms with Gasteiger partial charge in [0.05, 0.1) is 11.7 Å². The zero-order chi connectivity index (χ0) is 25.1. The van der Waals surface area contributed by atoms with Gasteiger partial charge in [0, 0.05) is 41.0 Å². The number of benzene rings is 1. The Morgan fingerprint density at radius 3 is 2.60 bits per heavy atom. The van der Waals surface area contributed by atoms with Gasteiger partial charge in [-0.05, 0) is 82.3 Å². The highest BCUT2D eigenvalue weighted by molar-refractivity contribution is 6.30. The van der Waals surface area contributed by atoms with Crippen LogP contribution in [0, 0.1) is 0 Å². The molecule has 3 aromatic rings. The molecule has 7 nitrogen and oxygen atoms in total. The molecule has 2 aromatic heterocycles. The van der Waals surface area contributed by atoms with Gasteiger partial charge in [-0.3, -0.25) is 9.78 Å². The third kappa shape index (κ3) is 6.09. The number of ether oxygens (including phenoxy) is 1. The molecular formula is C27H31ClN4O3. The predicted molar refractivity (Wildman–Crippen MR) is 137 cm³/mol. The van der Waals surface area contributed by atoms with E-state index in [1.165, 1.54) is 0 Å². The molecule has 1 aliphatic rings. The molecule has 1 N–H and O–H groups in total. The lowest BCUT2D eigenvalue weighted by molar-refractivity contribution is 0.0504. The summed E-state index contributed by atoms with van der Waals surface area (Å²) in [5.74, 6) is 0. The first-order chi connectivity index (χ1) is 16.7. The van der Waals surface area contributed by atoms with E-state index in [1.807, 2.05) is 51.1 Å². The van der Waals surface area contributed by atoms with E-state index in [2.05, 4.69) is 21.5 Å². The number of aromatic nitrogens is 3. The van der Waals surface area contributed by atoms with Crippen molar-refractivity contribution in [1.29, 1.82) is 0 Å². The van der Waals surface area contributed by atoms with Gasteiger partial charge < -0.3 is 10.1 Å². The van der Waals surface area contributed by atoms with E-state index in [0.717, 1.165) is 42.5 Å². The normalized spacial score (nSPS) is 20.3. The maximum Gasteiger partial charge on any atom is 0.407 e. The molecular weight excluding hydrogens is 464 g/mol. The number of amides is 1. The van der Waals surface area contributed by atoms with Crippen LogP contribution in [0.3, 0.4) is 0 Å². The first kappa shape index (κ1) is 24.9. The van der Waals surface area contributed by atoms with Crippen molar-refractivity contribution in [2.45, 2.75) is 63.5 Å². The molecule has 0 atom stereocenters. The van der Waals surface area contributed by atoms with Crippen LogP contribution in [0.1, 0.15) is 58.1 Å². The first-order valence-electron chi connectivity index (χ1n) is 11.9. The molecule has 1 saturated carbocycles. The smallest absolute Gasteiger partial charge is 0.407 e. The number of carbonyl (C=O) groups is 1. The van der Waals surface area contributed by atoms with E-state index >= 15 is 0 Å². The van der Waals surface area contributed by atoms with Crippen molar-refractivity contribution in [1.82, 2.24) is 20.1 Å². The Kier molecular flexibility index (Phi) is 7.26. The van der Waals surface area contributed by atoms with Gasteiger partial charge in [-0.2, -0.15) is 5.10 Å². The molecule has 0 spiro atoms. The summed E-state index contributed by atoms with van der Waals surface area (Å²) in [4.78, 5) is 29.3. The lowest BCUT2D eigenvalue weighted by Crippen LogP contribution is -2.45. The summed E-state index contributed by atoms with van der Waals surface area (Å²) in [5.41, 5.74) is 1.65. The summed E-state index contributed by atoms with van der Waals surface area (Å²) in [7, 11) is 0. The van der Waals surface area contributed by atoms with Crippen molar-refractivity contribution in [2.75, 3.05) is 6.54 Å². The maximum atomic E-state index is 12.7. The van der Waals surface area contributed by atoms with E-state index in [-0.39, 0.29) is 17.0 Å². The average molecular weight is 495 g/mol. The van der Waals surface area contributed by atoms with Gasteiger partial charge in [0.1, 0.15) is 5.60 Å². The average Bonchev–Trinajstić information content (AvgIpc) is 2.83. The van der Waals surface area contributed by atoms with E-state index < -0.39 is 11.7 Å². The van der Waals surface area contributed by atoms with Crippen LogP contribution in [0.15, 0.2) is 65.7 Å². The molecule has 2 heterocycles. The van der Waals surface area contributed by atoms with Gasteiger partial charge in [-0.15, -0.1) is 0 Å². The highest BCUT2D eigenvalue weighted by Gasteiger charge is 2.38. The Hall–Kier alpha value is -3.19. The molecule has 184 valence electrons. The second-order valence-corrected chi connectivity index (χ2v) is 10.6. The van der Waals surface area contributed by atoms with Crippen LogP contribution in [0.25, 0.3) is 11.3 Å². The molecule has 0 saturated heterocycles. The number of nitrogens with zero attached hydrogens (tertiary/aromatic N) is 3. The fraction of sp³-hybridized carbons (Fsp3) is 0.407. The van der Waals surface area contributed by atoms with E-state index in [4.69, 9.17) is 16.3 Å². The van der Waals surface area contributed by atoms with Crippen molar-refractivity contribution in [3.63, 3.8) is 0 Å². The monoisotopic (exact) mass is 494 g/mol. The summed E-state index contributed by atoms with van der Waals surface area (Å²) < 4.78 is 7.06. The molecule has 1 fully saturated rings. The van der Waals surface area contributed by atoms with Crippen molar-refractivity contribution < 1.29 is 9.53 Å². The zero-order valence-corrected chi connectivity index (χ0v) is 21.1. The van der Waals surface area contributed by atoms with E-state index in [9.17, 15) is 9.59 Å². The molecule has 8 heteroatoms. The second kappa shape index (κ2) is 10.2. The van der Waals surface area contributed by atoms with Gasteiger partial charge in [0.15, 0.2) is 0 Å². The highest BCUT2D eigenvalue weighted by Crippen LogP contribution is 2.43. The summed E-state index contributed by atoms with van der Waals surface area (Å²) >= 11 is 6.32. The number of hydrogen-bond donors (Lipinski definition) is 1. The molecule has 1 aromatic carbocycles. The number of carbonyl (C=O) groups excluding carboxylic acids is 1. The van der Waals surface area contributed by atoms with Crippen LogP contribution in [0.5, 0.6) is 0 Å². The molecule has 1 aliphatic carbocycles. The van der Waals surface area contributed by atoms with Crippen molar-refractivity contribution >= 4 is 17.7 Å². The van der Waals surface area contributed by atoms with E-state index in [0.29, 0.717) is 11.6 Å². The molecule has 4 rings (SSSR count). The van der Waals surface area contributed by atoms with Crippen LogP contribution in [-0.4, -0.2) is 33.0 Å². The third-order valence-electron chi connectivity index (χ3n) is 6.45. The minimum Gasteiger partial charge on any atom is -0.444 e. The zero-order valence-electron chi connectivity index (χ0n) is 20.3. The van der Waals surface area contributed by atoms with Crippen LogP contribution in [0.4, 0.5) is 4.79 Å². The topological polar surface area (TPSA) is 86.1 Å². The van der Waals surface area contributed by atoms with Gasteiger partial charge >= 0.3 is 6.09 Å².